The molecule has 2 atom stereocenters. The molecule has 8 heteroatoms. The first kappa shape index (κ1) is 19.8. The minimum Gasteiger partial charge on any atom is -0.460 e. The van der Waals surface area contributed by atoms with E-state index in [0.717, 1.165) is 5.69 Å². The number of nitrogens with zero attached hydrogens (tertiary/aromatic N) is 3. The van der Waals surface area contributed by atoms with Gasteiger partial charge >= 0.3 is 0 Å². The maximum Gasteiger partial charge on any atom is 0.266 e. The Kier molecular flexibility index (Phi) is 5.33. The number of nitrogens with one attached hydrogen (secondary N) is 1. The first-order valence-corrected chi connectivity index (χ1v) is 8.95. The fourth-order valence-corrected chi connectivity index (χ4v) is 3.35. The van der Waals surface area contributed by atoms with Crippen LogP contribution >= 0.6 is 0 Å². The van der Waals surface area contributed by atoms with Gasteiger partial charge in [-0.25, -0.2) is 9.38 Å². The summed E-state index contributed by atoms with van der Waals surface area (Å²) in [5.41, 5.74) is 7.44. The lowest BCUT2D eigenvalue weighted by molar-refractivity contribution is -0.129. The van der Waals surface area contributed by atoms with Crippen molar-refractivity contribution >= 4 is 11.9 Å². The lowest BCUT2D eigenvalue weighted by Gasteiger charge is -2.27. The van der Waals surface area contributed by atoms with Crippen LogP contribution in [-0.2, 0) is 16.9 Å². The predicted molar refractivity (Wildman–Crippen MR) is 105 cm³/mol. The molecule has 2 aromatic rings. The molecule has 0 fully saturated rings. The van der Waals surface area contributed by atoms with E-state index >= 15 is 0 Å². The van der Waals surface area contributed by atoms with Crippen LogP contribution in [0.4, 0.5) is 4.39 Å². The van der Waals surface area contributed by atoms with Crippen LogP contribution in [0, 0.1) is 6.92 Å². The zero-order valence-corrected chi connectivity index (χ0v) is 16.4. The van der Waals surface area contributed by atoms with Crippen LogP contribution in [0.25, 0.3) is 0 Å². The van der Waals surface area contributed by atoms with Crippen molar-refractivity contribution in [1.29, 1.82) is 0 Å². The maximum atomic E-state index is 13.3. The summed E-state index contributed by atoms with van der Waals surface area (Å²) in [6.07, 6.45) is 0.214. The second-order valence-electron chi connectivity index (χ2n) is 6.75. The highest BCUT2D eigenvalue weighted by Crippen LogP contribution is 2.40. The van der Waals surface area contributed by atoms with Crippen molar-refractivity contribution in [3.05, 3.63) is 58.9 Å². The third-order valence-electron chi connectivity index (χ3n) is 4.71. The first-order chi connectivity index (χ1) is 13.3. The maximum absolute atomic E-state index is 13.3. The van der Waals surface area contributed by atoms with Crippen LogP contribution in [-0.4, -0.2) is 42.2 Å². The van der Waals surface area contributed by atoms with Crippen molar-refractivity contribution < 1.29 is 13.9 Å². The highest BCUT2D eigenvalue weighted by molar-refractivity contribution is 6.08. The van der Waals surface area contributed by atoms with Crippen LogP contribution in [0.1, 0.15) is 29.3 Å². The Morgan fingerprint density at radius 2 is 2.04 bits per heavy atom. The number of benzene rings is 1. The summed E-state index contributed by atoms with van der Waals surface area (Å²) < 4.78 is 18.4. The van der Waals surface area contributed by atoms with E-state index in [-0.39, 0.29) is 11.9 Å². The molecular formula is C20H24FN5O2. The monoisotopic (exact) mass is 385 g/mol. The smallest absolute Gasteiger partial charge is 0.266 e. The Balaban J connectivity index is 2.18. The average Bonchev–Trinajstić information content (AvgIpc) is 2.88. The third-order valence-corrected chi connectivity index (χ3v) is 4.71. The summed E-state index contributed by atoms with van der Waals surface area (Å²) >= 11 is 0. The molecule has 3 rings (SSSR count). The van der Waals surface area contributed by atoms with Gasteiger partial charge in [0.15, 0.2) is 11.5 Å². The van der Waals surface area contributed by atoms with Gasteiger partial charge in [0.2, 0.25) is 6.36 Å². The van der Waals surface area contributed by atoms with Gasteiger partial charge in [0.1, 0.15) is 5.75 Å². The molecule has 0 aliphatic carbocycles. The number of pyridine rings is 1. The SMILES string of the molecule is CNCc1cc(C2(c3ccc(OC(C)F)c(C)c3)N=C(N)N(C)C2=O)ccn1. The van der Waals surface area contributed by atoms with E-state index in [4.69, 9.17) is 10.5 Å². The van der Waals surface area contributed by atoms with Gasteiger partial charge < -0.3 is 15.8 Å². The van der Waals surface area contributed by atoms with Crippen molar-refractivity contribution in [2.24, 2.45) is 10.7 Å². The van der Waals surface area contributed by atoms with Crippen LogP contribution < -0.4 is 15.8 Å². The lowest BCUT2D eigenvalue weighted by atomic mass is 9.82. The summed E-state index contributed by atoms with van der Waals surface area (Å²) in [7, 11) is 3.41. The molecule has 148 valence electrons. The Hall–Kier alpha value is -3.00. The number of carbonyl (C=O) groups is 1. The van der Waals surface area contributed by atoms with Crippen molar-refractivity contribution in [1.82, 2.24) is 15.2 Å². The first-order valence-electron chi connectivity index (χ1n) is 8.95. The fraction of sp³-hybridized carbons (Fsp3) is 0.350. The molecule has 1 aliphatic heterocycles. The van der Waals surface area contributed by atoms with Gasteiger partial charge in [-0.15, -0.1) is 0 Å². The lowest BCUT2D eigenvalue weighted by Crippen LogP contribution is -2.41. The Morgan fingerprint density at radius 1 is 1.32 bits per heavy atom. The average molecular weight is 385 g/mol. The number of rotatable bonds is 6. The van der Waals surface area contributed by atoms with Crippen molar-refractivity contribution in [2.45, 2.75) is 32.3 Å². The van der Waals surface area contributed by atoms with Crippen LogP contribution in [0.3, 0.4) is 0 Å². The summed E-state index contributed by atoms with van der Waals surface area (Å²) in [5, 5.41) is 3.05. The Morgan fingerprint density at radius 3 is 2.61 bits per heavy atom. The Bertz CT molecular complexity index is 931. The number of aliphatic imine (C=N–C) groups is 1. The number of aryl methyl sites for hydroxylation is 1. The van der Waals surface area contributed by atoms with E-state index < -0.39 is 11.9 Å². The summed E-state index contributed by atoms with van der Waals surface area (Å²) in [5.74, 6) is 0.279. The molecule has 0 bridgehead atoms. The van der Waals surface area contributed by atoms with Crippen LogP contribution in [0.2, 0.25) is 0 Å². The number of nitrogens with two attached hydrogens (primary N) is 1. The summed E-state index contributed by atoms with van der Waals surface area (Å²) in [4.78, 5) is 23.5. The van der Waals surface area contributed by atoms with Crippen molar-refractivity contribution in [3.63, 3.8) is 0 Å². The summed E-state index contributed by atoms with van der Waals surface area (Å²) in [6, 6.07) is 8.75. The van der Waals surface area contributed by atoms with Gasteiger partial charge in [0, 0.05) is 26.7 Å². The molecule has 1 aliphatic rings. The van der Waals surface area contributed by atoms with Crippen LogP contribution in [0.15, 0.2) is 41.5 Å². The minimum absolute atomic E-state index is 0.132. The standard InChI is InChI=1S/C20H24FN5O2/c1-12-9-14(5-6-17(12)28-13(2)21)20(18(27)26(4)19(22)25-20)15-7-8-24-16(10-15)11-23-3/h5-10,13,23H,11H2,1-4H3,(H2,22,25). The molecule has 2 heterocycles. The van der Waals surface area contributed by atoms with E-state index in [1.165, 1.54) is 11.8 Å². The predicted octanol–water partition coefficient (Wildman–Crippen LogP) is 1.83. The highest BCUT2D eigenvalue weighted by Gasteiger charge is 2.49. The van der Waals surface area contributed by atoms with Gasteiger partial charge in [0.25, 0.3) is 5.91 Å². The Labute approximate surface area is 163 Å². The molecule has 1 aromatic heterocycles. The van der Waals surface area contributed by atoms with Gasteiger partial charge in [0.05, 0.1) is 5.69 Å². The molecule has 1 aromatic carbocycles. The van der Waals surface area contributed by atoms with Crippen LogP contribution in [0.5, 0.6) is 5.75 Å². The van der Waals surface area contributed by atoms with E-state index in [1.54, 1.807) is 44.4 Å². The molecule has 3 N–H and O–H groups in total. The van der Waals surface area contributed by atoms with E-state index in [1.807, 2.05) is 13.1 Å². The number of amides is 1. The molecule has 28 heavy (non-hydrogen) atoms. The summed E-state index contributed by atoms with van der Waals surface area (Å²) in [6.45, 7) is 3.66. The third kappa shape index (κ3) is 3.31. The molecule has 2 unspecified atom stereocenters. The number of hydrogen-bond donors (Lipinski definition) is 2. The van der Waals surface area contributed by atoms with Gasteiger partial charge in [-0.1, -0.05) is 6.07 Å². The molecule has 0 radical (unpaired) electrons. The molecule has 1 amide bonds. The number of hydrogen-bond acceptors (Lipinski definition) is 6. The molecule has 0 saturated heterocycles. The normalized spacial score (nSPS) is 20.2. The molecule has 7 nitrogen and oxygen atoms in total. The van der Waals surface area contributed by atoms with Gasteiger partial charge in [-0.2, -0.15) is 0 Å². The van der Waals surface area contributed by atoms with Crippen molar-refractivity contribution in [3.8, 4) is 5.75 Å². The quantitative estimate of drug-likeness (QED) is 0.791. The largest absolute Gasteiger partial charge is 0.460 e. The van der Waals surface area contributed by atoms with Gasteiger partial charge in [-0.05, 0) is 54.9 Å². The minimum atomic E-state index is -1.43. The number of aromatic nitrogens is 1. The second-order valence-corrected chi connectivity index (χ2v) is 6.75. The number of guanidine groups is 1. The van der Waals surface area contributed by atoms with Crippen molar-refractivity contribution in [2.75, 3.05) is 14.1 Å². The number of halogens is 1. The number of carbonyl (C=O) groups excluding carboxylic acids is 1. The molecular weight excluding hydrogens is 361 g/mol. The fourth-order valence-electron chi connectivity index (χ4n) is 3.35. The molecule has 0 spiro atoms. The van der Waals surface area contributed by atoms with Gasteiger partial charge in [-0.3, -0.25) is 14.7 Å². The zero-order valence-electron chi connectivity index (χ0n) is 16.4. The molecule has 0 saturated carbocycles. The van der Waals surface area contributed by atoms with E-state index in [9.17, 15) is 9.18 Å². The second kappa shape index (κ2) is 7.55. The highest BCUT2D eigenvalue weighted by atomic mass is 19.1. The number of ether oxygens (including phenoxy) is 1. The van der Waals surface area contributed by atoms with E-state index in [2.05, 4.69) is 15.3 Å². The number of likely N-dealkylation sites (N-methyl/N-ethyl adjacent to an activating group) is 1. The van der Waals surface area contributed by atoms with E-state index in [0.29, 0.717) is 29.0 Å². The topological polar surface area (TPSA) is 92.8 Å². The number of alkyl halides is 1. The zero-order chi connectivity index (χ0) is 20.5.